The lowest BCUT2D eigenvalue weighted by Crippen LogP contribution is -2.39. The molecule has 0 aliphatic heterocycles. The topological polar surface area (TPSA) is 69.4 Å². The van der Waals surface area contributed by atoms with Crippen molar-refractivity contribution in [3.63, 3.8) is 0 Å². The van der Waals surface area contributed by atoms with E-state index in [1.54, 1.807) is 13.0 Å². The molecule has 0 fully saturated rings. The maximum Gasteiger partial charge on any atom is 0.238 e. The number of sulfonamides is 1. The van der Waals surface area contributed by atoms with Gasteiger partial charge in [-0.25, -0.2) is 13.6 Å². The molecule has 0 atom stereocenters. The summed E-state index contributed by atoms with van der Waals surface area (Å²) in [4.78, 5) is 0.146. The van der Waals surface area contributed by atoms with Crippen LogP contribution >= 0.6 is 0 Å². The Bertz CT molecular complexity index is 547. The van der Waals surface area contributed by atoms with Crippen LogP contribution in [-0.4, -0.2) is 23.1 Å². The molecule has 0 radical (unpaired) electrons. The molecule has 0 saturated heterocycles. The molecule has 6 heteroatoms. The molecular weight excluding hydrogens is 266 g/mol. The van der Waals surface area contributed by atoms with Crippen molar-refractivity contribution in [1.82, 2.24) is 0 Å². The highest BCUT2D eigenvalue weighted by molar-refractivity contribution is 7.89. The SMILES string of the molecule is CCOc1c([Si](C)(C)C)ccc(S(N)(=O)=O)c1C. The number of nitrogens with two attached hydrogens (primary N) is 1. The molecule has 0 bridgehead atoms. The zero-order valence-electron chi connectivity index (χ0n) is 11.6. The Balaban J connectivity index is 3.58. The van der Waals surface area contributed by atoms with E-state index < -0.39 is 18.1 Å². The third-order valence-corrected chi connectivity index (χ3v) is 5.82. The van der Waals surface area contributed by atoms with Gasteiger partial charge in [-0.15, -0.1) is 0 Å². The van der Waals surface area contributed by atoms with Gasteiger partial charge in [-0.3, -0.25) is 0 Å². The van der Waals surface area contributed by atoms with Crippen LogP contribution in [0.25, 0.3) is 0 Å². The van der Waals surface area contributed by atoms with Gasteiger partial charge in [0, 0.05) is 5.56 Å². The summed E-state index contributed by atoms with van der Waals surface area (Å²) in [6, 6.07) is 3.42. The van der Waals surface area contributed by atoms with Gasteiger partial charge >= 0.3 is 0 Å². The summed E-state index contributed by atoms with van der Waals surface area (Å²) in [7, 11) is -5.29. The number of ether oxygens (including phenoxy) is 1. The predicted octanol–water partition coefficient (Wildman–Crippen LogP) is 1.59. The second-order valence-corrected chi connectivity index (χ2v) is 11.9. The minimum absolute atomic E-state index is 0.146. The standard InChI is InChI=1S/C12H21NO3SSi/c1-6-16-12-9(2)10(17(13,14)15)7-8-11(12)18(3,4)5/h7-8H,6H2,1-5H3,(H2,13,14,15). The molecule has 1 aromatic carbocycles. The Kier molecular flexibility index (Phi) is 4.25. The van der Waals surface area contributed by atoms with Crippen LogP contribution in [-0.2, 0) is 10.0 Å². The van der Waals surface area contributed by atoms with Crippen molar-refractivity contribution in [2.24, 2.45) is 5.14 Å². The smallest absolute Gasteiger partial charge is 0.238 e. The average molecular weight is 287 g/mol. The van der Waals surface area contributed by atoms with E-state index in [2.05, 4.69) is 19.6 Å². The largest absolute Gasteiger partial charge is 0.494 e. The van der Waals surface area contributed by atoms with Gasteiger partial charge in [0.2, 0.25) is 10.0 Å². The van der Waals surface area contributed by atoms with E-state index in [0.29, 0.717) is 17.9 Å². The number of hydrogen-bond donors (Lipinski definition) is 1. The summed E-state index contributed by atoms with van der Waals surface area (Å²) in [5.74, 6) is 0.684. The van der Waals surface area contributed by atoms with Gasteiger partial charge in [-0.1, -0.05) is 25.7 Å². The van der Waals surface area contributed by atoms with E-state index in [1.807, 2.05) is 13.0 Å². The van der Waals surface area contributed by atoms with E-state index in [0.717, 1.165) is 5.19 Å². The van der Waals surface area contributed by atoms with Crippen LogP contribution < -0.4 is 15.1 Å². The monoisotopic (exact) mass is 287 g/mol. The Morgan fingerprint density at radius 1 is 1.28 bits per heavy atom. The molecule has 0 spiro atoms. The van der Waals surface area contributed by atoms with Gasteiger partial charge < -0.3 is 4.74 Å². The fourth-order valence-corrected chi connectivity index (χ4v) is 4.20. The molecule has 0 saturated carbocycles. The molecule has 2 N–H and O–H groups in total. The molecule has 0 amide bonds. The Morgan fingerprint density at radius 2 is 1.83 bits per heavy atom. The molecular formula is C12H21NO3SSi. The van der Waals surface area contributed by atoms with Crippen molar-refractivity contribution >= 4 is 23.3 Å². The second-order valence-electron chi connectivity index (χ2n) is 5.29. The number of primary sulfonamides is 1. The first-order chi connectivity index (χ1) is 8.09. The summed E-state index contributed by atoms with van der Waals surface area (Å²) in [6.45, 7) is 10.7. The van der Waals surface area contributed by atoms with Crippen LogP contribution in [0, 0.1) is 6.92 Å². The molecule has 1 aromatic rings. The lowest BCUT2D eigenvalue weighted by Gasteiger charge is -2.23. The normalized spacial score (nSPS) is 12.6. The predicted molar refractivity (Wildman–Crippen MR) is 76.7 cm³/mol. The third-order valence-electron chi connectivity index (χ3n) is 2.76. The molecule has 1 rings (SSSR count). The van der Waals surface area contributed by atoms with Crippen LogP contribution in [0.2, 0.25) is 19.6 Å². The van der Waals surface area contributed by atoms with Gasteiger partial charge in [-0.2, -0.15) is 0 Å². The van der Waals surface area contributed by atoms with Gasteiger partial charge in [0.05, 0.1) is 19.6 Å². The number of hydrogen-bond acceptors (Lipinski definition) is 3. The van der Waals surface area contributed by atoms with E-state index in [9.17, 15) is 8.42 Å². The fraction of sp³-hybridized carbons (Fsp3) is 0.500. The molecule has 4 nitrogen and oxygen atoms in total. The van der Waals surface area contributed by atoms with Gasteiger partial charge in [0.1, 0.15) is 5.75 Å². The lowest BCUT2D eigenvalue weighted by atomic mass is 10.2. The van der Waals surface area contributed by atoms with Gasteiger partial charge in [0.25, 0.3) is 0 Å². The van der Waals surface area contributed by atoms with Crippen molar-refractivity contribution in [3.05, 3.63) is 17.7 Å². The van der Waals surface area contributed by atoms with Crippen molar-refractivity contribution in [1.29, 1.82) is 0 Å². The maximum atomic E-state index is 11.5. The average Bonchev–Trinajstić information content (AvgIpc) is 2.17. The third kappa shape index (κ3) is 3.12. The van der Waals surface area contributed by atoms with Crippen LogP contribution in [0.1, 0.15) is 12.5 Å². The Morgan fingerprint density at radius 3 is 2.22 bits per heavy atom. The first-order valence-corrected chi connectivity index (χ1v) is 10.9. The Labute approximate surface area is 110 Å². The highest BCUT2D eigenvalue weighted by atomic mass is 32.2. The highest BCUT2D eigenvalue weighted by Crippen LogP contribution is 2.25. The van der Waals surface area contributed by atoms with E-state index in [1.165, 1.54) is 0 Å². The minimum atomic E-state index is -3.70. The summed E-state index contributed by atoms with van der Waals surface area (Å²) in [6.07, 6.45) is 0. The molecule has 0 heterocycles. The first kappa shape index (κ1) is 15.2. The zero-order chi connectivity index (χ0) is 14.1. The number of rotatable bonds is 4. The zero-order valence-corrected chi connectivity index (χ0v) is 13.4. The Hall–Kier alpha value is -0.853. The van der Waals surface area contributed by atoms with Crippen LogP contribution in [0.5, 0.6) is 5.75 Å². The molecule has 102 valence electrons. The maximum absolute atomic E-state index is 11.5. The minimum Gasteiger partial charge on any atom is -0.494 e. The lowest BCUT2D eigenvalue weighted by molar-refractivity contribution is 0.339. The quantitative estimate of drug-likeness (QED) is 0.855. The second kappa shape index (κ2) is 5.03. The van der Waals surface area contributed by atoms with Crippen LogP contribution in [0.3, 0.4) is 0 Å². The van der Waals surface area contributed by atoms with Gasteiger partial charge in [-0.05, 0) is 25.1 Å². The first-order valence-electron chi connectivity index (χ1n) is 5.88. The van der Waals surface area contributed by atoms with Crippen molar-refractivity contribution < 1.29 is 13.2 Å². The highest BCUT2D eigenvalue weighted by Gasteiger charge is 2.25. The molecule has 0 aliphatic rings. The number of benzene rings is 1. The van der Waals surface area contributed by atoms with E-state index in [-0.39, 0.29) is 4.90 Å². The van der Waals surface area contributed by atoms with Crippen molar-refractivity contribution in [2.75, 3.05) is 6.61 Å². The van der Waals surface area contributed by atoms with E-state index >= 15 is 0 Å². The fourth-order valence-electron chi connectivity index (χ4n) is 1.90. The molecule has 0 aliphatic carbocycles. The summed E-state index contributed by atoms with van der Waals surface area (Å²) in [5, 5.41) is 6.33. The van der Waals surface area contributed by atoms with Gasteiger partial charge in [0.15, 0.2) is 0 Å². The molecule has 0 unspecified atom stereocenters. The summed E-state index contributed by atoms with van der Waals surface area (Å²) in [5.41, 5.74) is 0.610. The van der Waals surface area contributed by atoms with E-state index in [4.69, 9.17) is 9.88 Å². The summed E-state index contributed by atoms with van der Waals surface area (Å²) >= 11 is 0. The van der Waals surface area contributed by atoms with Crippen molar-refractivity contribution in [3.8, 4) is 5.75 Å². The van der Waals surface area contributed by atoms with Crippen LogP contribution in [0.4, 0.5) is 0 Å². The van der Waals surface area contributed by atoms with Crippen LogP contribution in [0.15, 0.2) is 17.0 Å². The molecule has 18 heavy (non-hydrogen) atoms. The molecule has 0 aromatic heterocycles. The van der Waals surface area contributed by atoms with Crippen molar-refractivity contribution in [2.45, 2.75) is 38.4 Å². The summed E-state index contributed by atoms with van der Waals surface area (Å²) < 4.78 is 28.7.